The number of pyridine rings is 1. The highest BCUT2D eigenvalue weighted by Gasteiger charge is 2.35. The van der Waals surface area contributed by atoms with Gasteiger partial charge in [0.15, 0.2) is 23.0 Å². The molecule has 1 aromatic carbocycles. The highest BCUT2D eigenvalue weighted by Crippen LogP contribution is 2.37. The number of fused-ring (bicyclic) bond motifs is 1. The number of hydrogen-bond acceptors (Lipinski definition) is 4. The summed E-state index contributed by atoms with van der Waals surface area (Å²) in [5, 5.41) is 0. The fraction of sp³-hybridized carbons (Fsp3) is 0.400. The van der Waals surface area contributed by atoms with Crippen LogP contribution in [0.2, 0.25) is 0 Å². The van der Waals surface area contributed by atoms with Crippen molar-refractivity contribution in [3.8, 4) is 11.5 Å². The van der Waals surface area contributed by atoms with Gasteiger partial charge in [0.05, 0.1) is 6.20 Å². The lowest BCUT2D eigenvalue weighted by Gasteiger charge is -2.40. The molecule has 0 radical (unpaired) electrons. The molecule has 2 aliphatic heterocycles. The molecule has 0 N–H and O–H groups in total. The molecule has 5 nitrogen and oxygen atoms in total. The summed E-state index contributed by atoms with van der Waals surface area (Å²) in [5.41, 5.74) is 0.615. The first-order valence-corrected chi connectivity index (χ1v) is 8.92. The molecule has 142 valence electrons. The molecule has 0 saturated carbocycles. The van der Waals surface area contributed by atoms with Crippen molar-refractivity contribution in [1.82, 2.24) is 9.88 Å². The van der Waals surface area contributed by atoms with Crippen LogP contribution < -0.4 is 9.47 Å². The highest BCUT2D eigenvalue weighted by molar-refractivity contribution is 5.92. The molecule has 0 aliphatic carbocycles. The van der Waals surface area contributed by atoms with Crippen molar-refractivity contribution in [2.24, 2.45) is 5.41 Å². The van der Waals surface area contributed by atoms with Gasteiger partial charge in [0.1, 0.15) is 5.82 Å². The van der Waals surface area contributed by atoms with E-state index in [2.05, 4.69) is 11.9 Å². The molecular weight excluding hydrogens is 354 g/mol. The monoisotopic (exact) mass is 374 g/mol. The van der Waals surface area contributed by atoms with Gasteiger partial charge in [-0.2, -0.15) is 0 Å². The van der Waals surface area contributed by atoms with Crippen molar-refractivity contribution in [2.75, 3.05) is 19.9 Å². The number of piperidine rings is 1. The second-order valence-corrected chi connectivity index (χ2v) is 7.49. The van der Waals surface area contributed by atoms with Crippen LogP contribution in [0, 0.1) is 17.0 Å². The molecule has 0 bridgehead atoms. The maximum absolute atomic E-state index is 13.9. The van der Waals surface area contributed by atoms with Gasteiger partial charge in [0.2, 0.25) is 6.79 Å². The predicted molar refractivity (Wildman–Crippen MR) is 93.7 cm³/mol. The molecule has 27 heavy (non-hydrogen) atoms. The molecule has 0 spiro atoms. The third-order valence-electron chi connectivity index (χ3n) is 5.15. The molecule has 0 unspecified atom stereocenters. The summed E-state index contributed by atoms with van der Waals surface area (Å²) in [4.78, 5) is 18.0. The minimum Gasteiger partial charge on any atom is -0.454 e. The Kier molecular flexibility index (Phi) is 4.45. The number of ether oxygens (including phenoxy) is 2. The lowest BCUT2D eigenvalue weighted by molar-refractivity contribution is 0.0540. The molecule has 3 heterocycles. The summed E-state index contributed by atoms with van der Waals surface area (Å²) in [6, 6.07) is 6.55. The number of benzene rings is 1. The van der Waals surface area contributed by atoms with Gasteiger partial charge in [-0.05, 0) is 42.4 Å². The number of likely N-dealkylation sites (tertiary alicyclic amines) is 1. The zero-order chi connectivity index (χ0) is 19.0. The van der Waals surface area contributed by atoms with E-state index in [1.165, 1.54) is 0 Å². The van der Waals surface area contributed by atoms with E-state index in [0.29, 0.717) is 19.2 Å². The van der Waals surface area contributed by atoms with Crippen molar-refractivity contribution in [2.45, 2.75) is 26.2 Å². The van der Waals surface area contributed by atoms with Crippen LogP contribution in [0.1, 0.15) is 35.8 Å². The number of carbonyl (C=O) groups excluding carboxylic acids is 1. The summed E-state index contributed by atoms with van der Waals surface area (Å²) in [6.45, 7) is 3.37. The van der Waals surface area contributed by atoms with E-state index in [4.69, 9.17) is 9.47 Å². The predicted octanol–water partition coefficient (Wildman–Crippen LogP) is 3.57. The van der Waals surface area contributed by atoms with Gasteiger partial charge < -0.3 is 14.4 Å². The second-order valence-electron chi connectivity index (χ2n) is 7.49. The van der Waals surface area contributed by atoms with Crippen LogP contribution >= 0.6 is 0 Å². The lowest BCUT2D eigenvalue weighted by atomic mass is 9.77. The molecule has 7 heteroatoms. The van der Waals surface area contributed by atoms with Crippen molar-refractivity contribution < 1.29 is 23.0 Å². The first-order chi connectivity index (χ1) is 12.9. The smallest absolute Gasteiger partial charge is 0.275 e. The Labute approximate surface area is 155 Å². The van der Waals surface area contributed by atoms with Crippen LogP contribution in [0.3, 0.4) is 0 Å². The summed E-state index contributed by atoms with van der Waals surface area (Å²) >= 11 is 0. The second kappa shape index (κ2) is 6.79. The number of rotatable bonds is 3. The normalized spacial score (nSPS) is 21.4. The Morgan fingerprint density at radius 3 is 2.89 bits per heavy atom. The van der Waals surface area contributed by atoms with E-state index < -0.39 is 17.5 Å². The average Bonchev–Trinajstić information content (AvgIpc) is 3.08. The third kappa shape index (κ3) is 3.59. The van der Waals surface area contributed by atoms with Crippen molar-refractivity contribution in [1.29, 1.82) is 0 Å². The molecular formula is C20H20F2N2O3. The van der Waals surface area contributed by atoms with Gasteiger partial charge in [0, 0.05) is 19.2 Å². The number of aromatic nitrogens is 1. The first kappa shape index (κ1) is 17.7. The average molecular weight is 374 g/mol. The summed E-state index contributed by atoms with van der Waals surface area (Å²) in [5.74, 6) is -0.748. The van der Waals surface area contributed by atoms with E-state index in [1.807, 2.05) is 18.2 Å². The van der Waals surface area contributed by atoms with Gasteiger partial charge in [-0.1, -0.05) is 13.0 Å². The van der Waals surface area contributed by atoms with E-state index in [1.54, 1.807) is 4.90 Å². The largest absolute Gasteiger partial charge is 0.454 e. The molecule has 2 aliphatic rings. The fourth-order valence-corrected chi connectivity index (χ4v) is 3.90. The maximum atomic E-state index is 13.9. The molecule has 1 aromatic heterocycles. The highest BCUT2D eigenvalue weighted by atomic mass is 19.1. The molecule has 1 amide bonds. The van der Waals surface area contributed by atoms with Crippen LogP contribution in [-0.2, 0) is 6.42 Å². The fourth-order valence-electron chi connectivity index (χ4n) is 3.90. The van der Waals surface area contributed by atoms with Crippen LogP contribution in [-0.4, -0.2) is 35.7 Å². The number of carbonyl (C=O) groups is 1. The van der Waals surface area contributed by atoms with E-state index in [9.17, 15) is 13.6 Å². The Morgan fingerprint density at radius 2 is 2.07 bits per heavy atom. The maximum Gasteiger partial charge on any atom is 0.275 e. The quantitative estimate of drug-likeness (QED) is 0.824. The first-order valence-electron chi connectivity index (χ1n) is 8.92. The number of amides is 1. The van der Waals surface area contributed by atoms with E-state index in [-0.39, 0.29) is 17.9 Å². The van der Waals surface area contributed by atoms with Crippen LogP contribution in [0.25, 0.3) is 0 Å². The van der Waals surface area contributed by atoms with Crippen LogP contribution in [0.4, 0.5) is 8.78 Å². The third-order valence-corrected chi connectivity index (χ3v) is 5.15. The zero-order valence-electron chi connectivity index (χ0n) is 15.0. The number of halogens is 2. The lowest BCUT2D eigenvalue weighted by Crippen LogP contribution is -2.46. The summed E-state index contributed by atoms with van der Waals surface area (Å²) in [6.07, 6.45) is 3.39. The van der Waals surface area contributed by atoms with Crippen molar-refractivity contribution in [3.63, 3.8) is 0 Å². The Balaban J connectivity index is 1.50. The minimum atomic E-state index is -0.928. The standard InChI is InChI=1S/C20H20F2N2O3/c1-20(9-13-3-4-16-17(7-13)27-12-26-16)5-2-6-24(11-20)19(25)18-15(22)8-14(21)10-23-18/h3-4,7-8,10H,2,5-6,9,11-12H2,1H3/t20-/m0/s1. The zero-order valence-corrected chi connectivity index (χ0v) is 15.0. The van der Waals surface area contributed by atoms with Crippen molar-refractivity contribution in [3.05, 3.63) is 53.4 Å². The molecule has 1 fully saturated rings. The Bertz CT molecular complexity index is 890. The van der Waals surface area contributed by atoms with E-state index >= 15 is 0 Å². The van der Waals surface area contributed by atoms with Crippen LogP contribution in [0.5, 0.6) is 11.5 Å². The van der Waals surface area contributed by atoms with Gasteiger partial charge in [-0.25, -0.2) is 13.8 Å². The molecule has 1 saturated heterocycles. The van der Waals surface area contributed by atoms with Gasteiger partial charge in [-0.3, -0.25) is 4.79 Å². The SMILES string of the molecule is C[C@@]1(Cc2ccc3c(c2)OCO3)CCCN(C(=O)c2ncc(F)cc2F)C1. The van der Waals surface area contributed by atoms with E-state index in [0.717, 1.165) is 42.5 Å². The van der Waals surface area contributed by atoms with Gasteiger partial charge >= 0.3 is 0 Å². The summed E-state index contributed by atoms with van der Waals surface area (Å²) in [7, 11) is 0. The summed E-state index contributed by atoms with van der Waals surface area (Å²) < 4.78 is 37.8. The Hall–Kier alpha value is -2.70. The molecule has 1 atom stereocenters. The van der Waals surface area contributed by atoms with Crippen LogP contribution in [0.15, 0.2) is 30.5 Å². The molecule has 2 aromatic rings. The number of hydrogen-bond donors (Lipinski definition) is 0. The minimum absolute atomic E-state index is 0.155. The van der Waals surface area contributed by atoms with Crippen molar-refractivity contribution >= 4 is 5.91 Å². The van der Waals surface area contributed by atoms with Gasteiger partial charge in [-0.15, -0.1) is 0 Å². The van der Waals surface area contributed by atoms with Gasteiger partial charge in [0.25, 0.3) is 5.91 Å². The number of nitrogens with zero attached hydrogens (tertiary/aromatic N) is 2. The Morgan fingerprint density at radius 1 is 1.26 bits per heavy atom. The topological polar surface area (TPSA) is 51.7 Å². The molecule has 4 rings (SSSR count).